The summed E-state index contributed by atoms with van der Waals surface area (Å²) in [5.74, 6) is -0.323. The molecular formula is C12H15N3O2. The van der Waals surface area contributed by atoms with Crippen molar-refractivity contribution in [3.8, 4) is 0 Å². The minimum absolute atomic E-state index is 0.0523. The van der Waals surface area contributed by atoms with Crippen LogP contribution in [0.15, 0.2) is 18.3 Å². The summed E-state index contributed by atoms with van der Waals surface area (Å²) in [6.45, 7) is 3.79. The molecule has 1 unspecified atom stereocenters. The predicted molar refractivity (Wildman–Crippen MR) is 64.2 cm³/mol. The lowest BCUT2D eigenvalue weighted by molar-refractivity contribution is 0.0693. The SMILES string of the molecule is Cc1ccn2c(CC(C)N)nc(C(=O)O)c2c1. The second-order valence-corrected chi connectivity index (χ2v) is 4.32. The van der Waals surface area contributed by atoms with E-state index in [0.717, 1.165) is 5.56 Å². The van der Waals surface area contributed by atoms with Crippen LogP contribution in [0.1, 0.15) is 28.8 Å². The molecule has 0 saturated carbocycles. The van der Waals surface area contributed by atoms with E-state index in [-0.39, 0.29) is 11.7 Å². The van der Waals surface area contributed by atoms with Crippen LogP contribution >= 0.6 is 0 Å². The van der Waals surface area contributed by atoms with Gasteiger partial charge in [-0.15, -0.1) is 0 Å². The molecule has 5 heteroatoms. The van der Waals surface area contributed by atoms with E-state index in [1.807, 2.05) is 32.2 Å². The zero-order chi connectivity index (χ0) is 12.6. The van der Waals surface area contributed by atoms with E-state index in [2.05, 4.69) is 4.98 Å². The number of hydrogen-bond donors (Lipinski definition) is 2. The molecule has 2 aromatic rings. The van der Waals surface area contributed by atoms with Crippen molar-refractivity contribution < 1.29 is 9.90 Å². The van der Waals surface area contributed by atoms with Gasteiger partial charge >= 0.3 is 5.97 Å². The molecule has 0 aromatic carbocycles. The van der Waals surface area contributed by atoms with E-state index >= 15 is 0 Å². The van der Waals surface area contributed by atoms with Gasteiger partial charge in [-0.05, 0) is 31.5 Å². The molecule has 2 rings (SSSR count). The molecule has 0 aliphatic rings. The molecule has 2 heterocycles. The second kappa shape index (κ2) is 4.18. The summed E-state index contributed by atoms with van der Waals surface area (Å²) in [6, 6.07) is 3.69. The highest BCUT2D eigenvalue weighted by Crippen LogP contribution is 2.16. The fourth-order valence-corrected chi connectivity index (χ4v) is 1.84. The van der Waals surface area contributed by atoms with E-state index in [4.69, 9.17) is 10.8 Å². The number of aromatic carboxylic acids is 1. The van der Waals surface area contributed by atoms with Crippen molar-refractivity contribution in [3.63, 3.8) is 0 Å². The first-order valence-corrected chi connectivity index (χ1v) is 5.45. The number of rotatable bonds is 3. The monoisotopic (exact) mass is 233 g/mol. The van der Waals surface area contributed by atoms with Gasteiger partial charge in [0.15, 0.2) is 5.69 Å². The molecule has 3 N–H and O–H groups in total. The molecule has 0 saturated heterocycles. The summed E-state index contributed by atoms with van der Waals surface area (Å²) in [4.78, 5) is 15.3. The molecule has 2 aromatic heterocycles. The largest absolute Gasteiger partial charge is 0.476 e. The number of carboxylic acid groups (broad SMARTS) is 1. The summed E-state index contributed by atoms with van der Waals surface area (Å²) in [5.41, 5.74) is 7.44. The number of aryl methyl sites for hydroxylation is 1. The van der Waals surface area contributed by atoms with Gasteiger partial charge in [-0.3, -0.25) is 0 Å². The third-order valence-corrected chi connectivity index (χ3v) is 2.58. The van der Waals surface area contributed by atoms with Crippen molar-refractivity contribution in [1.82, 2.24) is 9.38 Å². The Morgan fingerprint density at radius 1 is 1.65 bits per heavy atom. The number of imidazole rings is 1. The topological polar surface area (TPSA) is 80.6 Å². The van der Waals surface area contributed by atoms with Gasteiger partial charge in [0.25, 0.3) is 0 Å². The highest BCUT2D eigenvalue weighted by molar-refractivity contribution is 5.93. The molecule has 0 bridgehead atoms. The number of pyridine rings is 1. The molecule has 17 heavy (non-hydrogen) atoms. The quantitative estimate of drug-likeness (QED) is 0.835. The van der Waals surface area contributed by atoms with Gasteiger partial charge in [-0.1, -0.05) is 0 Å². The van der Waals surface area contributed by atoms with E-state index in [1.54, 1.807) is 4.40 Å². The van der Waals surface area contributed by atoms with Gasteiger partial charge in [-0.2, -0.15) is 0 Å². The van der Waals surface area contributed by atoms with Crippen LogP contribution in [0.2, 0.25) is 0 Å². The van der Waals surface area contributed by atoms with Gasteiger partial charge in [0.05, 0.1) is 5.52 Å². The van der Waals surface area contributed by atoms with Crippen molar-refractivity contribution in [2.45, 2.75) is 26.3 Å². The Morgan fingerprint density at radius 3 is 2.94 bits per heavy atom. The van der Waals surface area contributed by atoms with Gasteiger partial charge < -0.3 is 15.2 Å². The van der Waals surface area contributed by atoms with Crippen LogP contribution in [0.5, 0.6) is 0 Å². The van der Waals surface area contributed by atoms with E-state index in [9.17, 15) is 4.79 Å². The van der Waals surface area contributed by atoms with Crippen LogP contribution in [0, 0.1) is 6.92 Å². The highest BCUT2D eigenvalue weighted by Gasteiger charge is 2.17. The van der Waals surface area contributed by atoms with Crippen LogP contribution in [-0.2, 0) is 6.42 Å². The molecule has 5 nitrogen and oxygen atoms in total. The number of hydrogen-bond acceptors (Lipinski definition) is 3. The second-order valence-electron chi connectivity index (χ2n) is 4.32. The third-order valence-electron chi connectivity index (χ3n) is 2.58. The average molecular weight is 233 g/mol. The lowest BCUT2D eigenvalue weighted by atomic mass is 10.2. The maximum Gasteiger partial charge on any atom is 0.356 e. The molecule has 0 amide bonds. The van der Waals surface area contributed by atoms with Gasteiger partial charge in [0, 0.05) is 18.7 Å². The maximum absolute atomic E-state index is 11.1. The first kappa shape index (κ1) is 11.6. The summed E-state index contributed by atoms with van der Waals surface area (Å²) in [6.07, 6.45) is 2.39. The molecule has 0 fully saturated rings. The fourth-order valence-electron chi connectivity index (χ4n) is 1.84. The van der Waals surface area contributed by atoms with Crippen molar-refractivity contribution in [3.05, 3.63) is 35.4 Å². The van der Waals surface area contributed by atoms with Crippen LogP contribution in [0.25, 0.3) is 5.52 Å². The Bertz CT molecular complexity index is 572. The van der Waals surface area contributed by atoms with Crippen molar-refractivity contribution in [2.75, 3.05) is 0 Å². The molecule has 0 aliphatic heterocycles. The maximum atomic E-state index is 11.1. The van der Waals surface area contributed by atoms with E-state index in [1.165, 1.54) is 0 Å². The number of fused-ring (bicyclic) bond motifs is 1. The van der Waals surface area contributed by atoms with Gasteiger partial charge in [0.2, 0.25) is 0 Å². The lowest BCUT2D eigenvalue weighted by Gasteiger charge is -2.04. The standard InChI is InChI=1S/C12H15N3O2/c1-7-3-4-15-9(5-7)11(12(16)17)14-10(15)6-8(2)13/h3-5,8H,6,13H2,1-2H3,(H,16,17). The lowest BCUT2D eigenvalue weighted by Crippen LogP contribution is -2.19. The molecule has 0 aliphatic carbocycles. The van der Waals surface area contributed by atoms with Gasteiger partial charge in [0.1, 0.15) is 5.82 Å². The fraction of sp³-hybridized carbons (Fsp3) is 0.333. The average Bonchev–Trinajstić information content (AvgIpc) is 2.55. The van der Waals surface area contributed by atoms with Gasteiger partial charge in [-0.25, -0.2) is 9.78 Å². The minimum Gasteiger partial charge on any atom is -0.476 e. The summed E-state index contributed by atoms with van der Waals surface area (Å²) < 4.78 is 1.79. The summed E-state index contributed by atoms with van der Waals surface area (Å²) in [5, 5.41) is 9.11. The number of nitrogens with two attached hydrogens (primary N) is 1. The normalized spacial score (nSPS) is 12.9. The Hall–Kier alpha value is -1.88. The number of nitrogens with zero attached hydrogens (tertiary/aromatic N) is 2. The zero-order valence-electron chi connectivity index (χ0n) is 9.84. The summed E-state index contributed by atoms with van der Waals surface area (Å²) in [7, 11) is 0. The highest BCUT2D eigenvalue weighted by atomic mass is 16.4. The Balaban J connectivity index is 2.66. The molecule has 1 atom stereocenters. The predicted octanol–water partition coefficient (Wildman–Crippen LogP) is 1.23. The number of carbonyl (C=O) groups is 1. The van der Waals surface area contributed by atoms with Crippen LogP contribution < -0.4 is 5.73 Å². The number of aromatic nitrogens is 2. The Kier molecular flexibility index (Phi) is 2.85. The van der Waals surface area contributed by atoms with Crippen molar-refractivity contribution >= 4 is 11.5 Å². The van der Waals surface area contributed by atoms with E-state index < -0.39 is 5.97 Å². The molecular weight excluding hydrogens is 218 g/mol. The van der Waals surface area contributed by atoms with Crippen LogP contribution in [-0.4, -0.2) is 26.5 Å². The minimum atomic E-state index is -1.01. The van der Waals surface area contributed by atoms with Crippen molar-refractivity contribution in [2.24, 2.45) is 5.73 Å². The summed E-state index contributed by atoms with van der Waals surface area (Å²) >= 11 is 0. The Morgan fingerprint density at radius 2 is 2.35 bits per heavy atom. The smallest absolute Gasteiger partial charge is 0.356 e. The first-order valence-electron chi connectivity index (χ1n) is 5.45. The first-order chi connectivity index (χ1) is 7.99. The third kappa shape index (κ3) is 2.14. The molecule has 0 spiro atoms. The van der Waals surface area contributed by atoms with E-state index in [0.29, 0.717) is 17.8 Å². The van der Waals surface area contributed by atoms with Crippen molar-refractivity contribution in [1.29, 1.82) is 0 Å². The van der Waals surface area contributed by atoms with Crippen LogP contribution in [0.3, 0.4) is 0 Å². The van der Waals surface area contributed by atoms with Crippen LogP contribution in [0.4, 0.5) is 0 Å². The zero-order valence-corrected chi connectivity index (χ0v) is 9.84. The number of carboxylic acids is 1. The molecule has 90 valence electrons. The Labute approximate surface area is 98.9 Å². The molecule has 0 radical (unpaired) electrons.